The number of alkyl halides is 1. The number of nitrogens with zero attached hydrogens (tertiary/aromatic N) is 2. The Morgan fingerprint density at radius 3 is 2.45 bits per heavy atom. The van der Waals surface area contributed by atoms with E-state index >= 15 is 4.39 Å². The van der Waals surface area contributed by atoms with Gasteiger partial charge in [0.25, 0.3) is 0 Å². The van der Waals surface area contributed by atoms with Crippen molar-refractivity contribution in [1.29, 1.82) is 5.41 Å². The molecular formula is C47H53FN4O8. The molecule has 0 aliphatic heterocycles. The van der Waals surface area contributed by atoms with Crippen LogP contribution in [0.1, 0.15) is 70.0 Å². The molecule has 0 radical (unpaired) electrons. The molecule has 5 aliphatic rings. The van der Waals surface area contributed by atoms with Crippen molar-refractivity contribution in [3.63, 3.8) is 0 Å². The summed E-state index contributed by atoms with van der Waals surface area (Å²) in [6, 6.07) is 14.1. The molecule has 13 heteroatoms. The molecule has 1 heterocycles. The Morgan fingerprint density at radius 1 is 1.02 bits per heavy atom. The standard InChI is InChI=1S/C47H53FN4O8/c1-26-18-37-36-13-11-31-20-33(53)14-16-44(31,2)46(36,48)39(54)22-45(37,3)47(26,58)38(49)25-60-43(57)35-21-34(35)42(56)59-24-27-6-8-28(9-7-27)40(52(4)5)41(55)51-32-12-10-30-23-50-17-15-29(30)19-32/h6-10,12,14-17,19-20,23,26,34-37,39-40,49,54,58H,11,13,18,21-22,24-25H2,1-5H3,(H,51,55)/t26-,34?,35?,36+,37+,39+,40?,44+,45+,46+,47+/m1/s1. The molecule has 3 unspecified atom stereocenters. The molecule has 2 aromatic carbocycles. The quantitative estimate of drug-likeness (QED) is 0.131. The molecule has 316 valence electrons. The van der Waals surface area contributed by atoms with Crippen molar-refractivity contribution >= 4 is 45.8 Å². The maximum atomic E-state index is 17.5. The predicted octanol–water partition coefficient (Wildman–Crippen LogP) is 6.07. The number of amides is 1. The average molecular weight is 821 g/mol. The molecule has 0 spiro atoms. The Labute approximate surface area is 348 Å². The number of likely N-dealkylation sites (N-methyl/N-ethyl adjacent to an activating group) is 1. The van der Waals surface area contributed by atoms with Crippen molar-refractivity contribution in [2.24, 2.45) is 40.4 Å². The van der Waals surface area contributed by atoms with Gasteiger partial charge in [-0.25, -0.2) is 4.39 Å². The fourth-order valence-electron chi connectivity index (χ4n) is 11.4. The van der Waals surface area contributed by atoms with Gasteiger partial charge in [0, 0.05) is 40.2 Å². The van der Waals surface area contributed by atoms with Crippen molar-refractivity contribution in [3.05, 3.63) is 95.9 Å². The number of fused-ring (bicyclic) bond motifs is 6. The summed E-state index contributed by atoms with van der Waals surface area (Å²) in [5.74, 6) is -4.55. The number of esters is 2. The van der Waals surface area contributed by atoms with Crippen LogP contribution in [0.15, 0.2) is 84.7 Å². The number of aliphatic hydroxyl groups is 2. The first kappa shape index (κ1) is 41.6. The summed E-state index contributed by atoms with van der Waals surface area (Å²) in [6.07, 6.45) is 7.86. The number of carbonyl (C=O) groups excluding carboxylic acids is 4. The zero-order valence-corrected chi connectivity index (χ0v) is 34.6. The van der Waals surface area contributed by atoms with E-state index in [2.05, 4.69) is 10.3 Å². The summed E-state index contributed by atoms with van der Waals surface area (Å²) in [6.45, 7) is 4.81. The van der Waals surface area contributed by atoms with Crippen molar-refractivity contribution in [2.45, 2.75) is 82.9 Å². The van der Waals surface area contributed by atoms with Crippen LogP contribution >= 0.6 is 0 Å². The Morgan fingerprint density at radius 2 is 1.73 bits per heavy atom. The lowest BCUT2D eigenvalue weighted by molar-refractivity contribution is -0.209. The highest BCUT2D eigenvalue weighted by molar-refractivity contribution is 6.01. The number of ether oxygens (including phenoxy) is 2. The van der Waals surface area contributed by atoms with Gasteiger partial charge in [-0.2, -0.15) is 0 Å². The summed E-state index contributed by atoms with van der Waals surface area (Å²) in [5, 5.41) is 38.0. The largest absolute Gasteiger partial charge is 0.461 e. The molecule has 3 aromatic rings. The minimum atomic E-state index is -2.07. The van der Waals surface area contributed by atoms with E-state index in [1.54, 1.807) is 44.4 Å². The highest BCUT2D eigenvalue weighted by Gasteiger charge is 2.75. The number of carbonyl (C=O) groups is 4. The Bertz CT molecular complexity index is 2330. The minimum absolute atomic E-state index is 0.0321. The van der Waals surface area contributed by atoms with Crippen LogP contribution in [0, 0.1) is 45.8 Å². The van der Waals surface area contributed by atoms with Crippen LogP contribution < -0.4 is 5.32 Å². The molecule has 8 rings (SSSR count). The number of allylic oxidation sites excluding steroid dienone is 4. The normalized spacial score (nSPS) is 34.5. The molecular weight excluding hydrogens is 768 g/mol. The smallest absolute Gasteiger partial charge is 0.310 e. The number of aromatic nitrogens is 1. The SMILES string of the molecule is C[C@@H]1C[C@H]2[C@@H]3CCC4=CC(=O)C=C[C@]4(C)[C@@]3(F)[C@@H](O)C[C@]2(C)[C@@]1(O)C(=N)COC(=O)C1CC1C(=O)OCc1ccc(C(C(=O)Nc2ccc3cnccc3c2)N(C)C)cc1. The fourth-order valence-corrected chi connectivity index (χ4v) is 11.4. The van der Waals surface area contributed by atoms with E-state index in [9.17, 15) is 29.4 Å². The molecule has 4 N–H and O–H groups in total. The summed E-state index contributed by atoms with van der Waals surface area (Å²) >= 11 is 0. The molecule has 4 saturated carbocycles. The van der Waals surface area contributed by atoms with Crippen LogP contribution in [-0.4, -0.2) is 87.5 Å². The monoisotopic (exact) mass is 820 g/mol. The Hall–Kier alpha value is -5.11. The minimum Gasteiger partial charge on any atom is -0.461 e. The Balaban J connectivity index is 0.843. The zero-order chi connectivity index (χ0) is 42.9. The van der Waals surface area contributed by atoms with Gasteiger partial charge in [-0.05, 0) is 112 Å². The third kappa shape index (κ3) is 6.60. The maximum absolute atomic E-state index is 17.5. The topological polar surface area (TPSA) is 179 Å². The van der Waals surface area contributed by atoms with E-state index in [1.165, 1.54) is 12.2 Å². The zero-order valence-electron chi connectivity index (χ0n) is 34.6. The van der Waals surface area contributed by atoms with Crippen LogP contribution in [0.5, 0.6) is 0 Å². The number of hydrogen-bond acceptors (Lipinski definition) is 11. The summed E-state index contributed by atoms with van der Waals surface area (Å²) < 4.78 is 28.6. The number of nitrogens with one attached hydrogen (secondary N) is 2. The first-order chi connectivity index (χ1) is 28.4. The second kappa shape index (κ2) is 15.1. The summed E-state index contributed by atoms with van der Waals surface area (Å²) in [7, 11) is 3.64. The highest BCUT2D eigenvalue weighted by atomic mass is 19.1. The van der Waals surface area contributed by atoms with Gasteiger partial charge < -0.3 is 30.4 Å². The van der Waals surface area contributed by atoms with Gasteiger partial charge in [0.05, 0.1) is 23.7 Å². The number of aliphatic hydroxyl groups excluding tert-OH is 1. The van der Waals surface area contributed by atoms with E-state index in [-0.39, 0.29) is 42.8 Å². The number of anilines is 1. The molecule has 0 saturated heterocycles. The number of rotatable bonds is 11. The van der Waals surface area contributed by atoms with Crippen LogP contribution in [0.3, 0.4) is 0 Å². The van der Waals surface area contributed by atoms with Crippen molar-refractivity contribution in [3.8, 4) is 0 Å². The number of hydrogen-bond donors (Lipinski definition) is 4. The van der Waals surface area contributed by atoms with Crippen LogP contribution in [0.25, 0.3) is 10.8 Å². The lowest BCUT2D eigenvalue weighted by Crippen LogP contribution is -2.69. The van der Waals surface area contributed by atoms with E-state index in [4.69, 9.17) is 14.9 Å². The second-order valence-electron chi connectivity index (χ2n) is 18.3. The van der Waals surface area contributed by atoms with Crippen LogP contribution in [-0.2, 0) is 35.3 Å². The summed E-state index contributed by atoms with van der Waals surface area (Å²) in [5.41, 5.74) is -3.53. The molecule has 5 aliphatic carbocycles. The third-order valence-electron chi connectivity index (χ3n) is 14.8. The number of halogens is 1. The third-order valence-corrected chi connectivity index (χ3v) is 14.8. The van der Waals surface area contributed by atoms with E-state index in [0.717, 1.165) is 16.3 Å². The molecule has 0 bridgehead atoms. The van der Waals surface area contributed by atoms with E-state index in [1.807, 2.05) is 62.3 Å². The van der Waals surface area contributed by atoms with Crippen molar-refractivity contribution in [1.82, 2.24) is 9.88 Å². The first-order valence-electron chi connectivity index (χ1n) is 20.8. The molecule has 1 amide bonds. The molecule has 4 fully saturated rings. The molecule has 60 heavy (non-hydrogen) atoms. The number of pyridine rings is 1. The van der Waals surface area contributed by atoms with Crippen LogP contribution in [0.4, 0.5) is 10.1 Å². The van der Waals surface area contributed by atoms with Gasteiger partial charge in [0.1, 0.15) is 24.9 Å². The van der Waals surface area contributed by atoms with Gasteiger partial charge in [0.15, 0.2) is 11.5 Å². The van der Waals surface area contributed by atoms with Gasteiger partial charge in [-0.1, -0.05) is 55.8 Å². The lowest BCUT2D eigenvalue weighted by atomic mass is 9.44. The van der Waals surface area contributed by atoms with Gasteiger partial charge >= 0.3 is 11.9 Å². The molecule has 1 aromatic heterocycles. The second-order valence-corrected chi connectivity index (χ2v) is 18.3. The van der Waals surface area contributed by atoms with Crippen LogP contribution in [0.2, 0.25) is 0 Å². The summed E-state index contributed by atoms with van der Waals surface area (Å²) in [4.78, 5) is 57.7. The van der Waals surface area contributed by atoms with Crippen molar-refractivity contribution in [2.75, 3.05) is 26.0 Å². The number of ketones is 1. The molecule has 12 nitrogen and oxygen atoms in total. The maximum Gasteiger partial charge on any atom is 0.310 e. The van der Waals surface area contributed by atoms with Gasteiger partial charge in [0.2, 0.25) is 5.91 Å². The highest BCUT2D eigenvalue weighted by Crippen LogP contribution is 2.70. The lowest BCUT2D eigenvalue weighted by Gasteiger charge is -2.62. The van der Waals surface area contributed by atoms with E-state index in [0.29, 0.717) is 36.1 Å². The Kier molecular flexibility index (Phi) is 10.5. The predicted molar refractivity (Wildman–Crippen MR) is 221 cm³/mol. The fraction of sp³-hybridized carbons (Fsp3) is 0.489. The first-order valence-corrected chi connectivity index (χ1v) is 20.8. The number of benzene rings is 2. The van der Waals surface area contributed by atoms with Gasteiger partial charge in [-0.3, -0.25) is 29.1 Å². The molecule has 11 atom stereocenters. The average Bonchev–Trinajstić information content (AvgIpc) is 4.00. The van der Waals surface area contributed by atoms with Crippen molar-refractivity contribution < 1.29 is 43.3 Å². The van der Waals surface area contributed by atoms with Gasteiger partial charge in [-0.15, -0.1) is 0 Å². The van der Waals surface area contributed by atoms with E-state index < -0.39 is 76.5 Å².